The summed E-state index contributed by atoms with van der Waals surface area (Å²) in [6.45, 7) is 3.83. The summed E-state index contributed by atoms with van der Waals surface area (Å²) in [4.78, 5) is 0. The summed E-state index contributed by atoms with van der Waals surface area (Å²) in [6, 6.07) is 8.41. The van der Waals surface area contributed by atoms with Crippen molar-refractivity contribution in [1.29, 1.82) is 0 Å². The summed E-state index contributed by atoms with van der Waals surface area (Å²) >= 11 is 0. The molecule has 0 amide bonds. The van der Waals surface area contributed by atoms with E-state index in [1.54, 1.807) is 0 Å². The summed E-state index contributed by atoms with van der Waals surface area (Å²) in [5.74, 6) is 1.63. The molecule has 0 heterocycles. The second kappa shape index (κ2) is 5.20. The quantitative estimate of drug-likeness (QED) is 0.595. The molecule has 0 unspecified atom stereocenters. The predicted octanol–water partition coefficient (Wildman–Crippen LogP) is 4.12. The summed E-state index contributed by atoms with van der Waals surface area (Å²) in [5.41, 5.74) is 8.04. The van der Waals surface area contributed by atoms with E-state index in [0.717, 1.165) is 17.5 Å². The van der Waals surface area contributed by atoms with Crippen LogP contribution in [0.2, 0.25) is 0 Å². The molecule has 1 aromatic rings. The number of hydrogen-bond acceptors (Lipinski definition) is 1. The number of rotatable bonds is 3. The number of hydrogen-bond donors (Lipinski definition) is 1. The van der Waals surface area contributed by atoms with Gasteiger partial charge in [0.25, 0.3) is 0 Å². The van der Waals surface area contributed by atoms with Gasteiger partial charge in [0.1, 0.15) is 0 Å². The highest BCUT2D eigenvalue weighted by molar-refractivity contribution is 5.40. The van der Waals surface area contributed by atoms with E-state index in [1.165, 1.54) is 37.7 Å². The van der Waals surface area contributed by atoms with E-state index < -0.39 is 0 Å². The third kappa shape index (κ3) is 2.66. The van der Waals surface area contributed by atoms with Gasteiger partial charge in [-0.2, -0.15) is 0 Å². The molecule has 1 aromatic carbocycles. The Morgan fingerprint density at radius 3 is 2.31 bits per heavy atom. The Morgan fingerprint density at radius 2 is 1.75 bits per heavy atom. The fourth-order valence-corrected chi connectivity index (χ4v) is 2.74. The smallest absolute Gasteiger partial charge is 0.0314 e. The molecule has 2 rings (SSSR count). The molecule has 0 saturated heterocycles. The van der Waals surface area contributed by atoms with Gasteiger partial charge in [0.2, 0.25) is 0 Å². The van der Waals surface area contributed by atoms with Crippen molar-refractivity contribution < 1.29 is 0 Å². The van der Waals surface area contributed by atoms with Gasteiger partial charge in [0, 0.05) is 5.69 Å². The maximum atomic E-state index is 5.71. The molecule has 16 heavy (non-hydrogen) atoms. The molecule has 0 atom stereocenters. The van der Waals surface area contributed by atoms with Crippen LogP contribution in [-0.4, -0.2) is 0 Å². The molecule has 1 fully saturated rings. The van der Waals surface area contributed by atoms with Gasteiger partial charge in [-0.05, 0) is 61.6 Å². The van der Waals surface area contributed by atoms with Crippen molar-refractivity contribution in [2.75, 3.05) is 5.73 Å². The van der Waals surface area contributed by atoms with Crippen LogP contribution in [0.3, 0.4) is 0 Å². The Balaban J connectivity index is 1.93. The van der Waals surface area contributed by atoms with Crippen molar-refractivity contribution in [2.24, 2.45) is 5.92 Å². The lowest BCUT2D eigenvalue weighted by Crippen LogP contribution is -2.12. The topological polar surface area (TPSA) is 26.0 Å². The molecule has 0 bridgehead atoms. The number of nitrogens with two attached hydrogens (primary N) is 1. The third-order valence-corrected chi connectivity index (χ3v) is 3.75. The van der Waals surface area contributed by atoms with Gasteiger partial charge in [0.15, 0.2) is 0 Å². The molecule has 2 N–H and O–H groups in total. The largest absolute Gasteiger partial charge is 0.399 e. The highest BCUT2D eigenvalue weighted by Gasteiger charge is 2.21. The van der Waals surface area contributed by atoms with Crippen LogP contribution in [0.4, 0.5) is 5.69 Å². The fourth-order valence-electron chi connectivity index (χ4n) is 2.74. The molecule has 0 aromatic heterocycles. The van der Waals surface area contributed by atoms with Crippen molar-refractivity contribution >= 4 is 5.69 Å². The Hall–Kier alpha value is -1.24. The van der Waals surface area contributed by atoms with Crippen LogP contribution in [0.15, 0.2) is 36.9 Å². The molecule has 86 valence electrons. The van der Waals surface area contributed by atoms with Crippen molar-refractivity contribution in [2.45, 2.75) is 38.0 Å². The van der Waals surface area contributed by atoms with Crippen LogP contribution in [0.1, 0.15) is 43.6 Å². The van der Waals surface area contributed by atoms with Gasteiger partial charge >= 0.3 is 0 Å². The van der Waals surface area contributed by atoms with Crippen LogP contribution in [0, 0.1) is 5.92 Å². The first kappa shape index (κ1) is 11.3. The van der Waals surface area contributed by atoms with Crippen LogP contribution < -0.4 is 5.73 Å². The van der Waals surface area contributed by atoms with Crippen LogP contribution in [0.5, 0.6) is 0 Å². The molecular weight excluding hydrogens is 194 g/mol. The molecule has 1 nitrogen and oxygen atoms in total. The molecule has 1 heteroatoms. The Labute approximate surface area is 98.4 Å². The van der Waals surface area contributed by atoms with Crippen molar-refractivity contribution in [1.82, 2.24) is 0 Å². The molecule has 0 radical (unpaired) electrons. The van der Waals surface area contributed by atoms with E-state index in [-0.39, 0.29) is 0 Å². The second-order valence-electron chi connectivity index (χ2n) is 4.91. The summed E-state index contributed by atoms with van der Waals surface area (Å²) in [5, 5.41) is 0. The maximum absolute atomic E-state index is 5.71. The van der Waals surface area contributed by atoms with Crippen LogP contribution in [-0.2, 0) is 0 Å². The van der Waals surface area contributed by atoms with Gasteiger partial charge < -0.3 is 5.73 Å². The van der Waals surface area contributed by atoms with Crippen molar-refractivity contribution in [3.8, 4) is 0 Å². The minimum atomic E-state index is 0.752. The summed E-state index contributed by atoms with van der Waals surface area (Å²) in [6.07, 6.45) is 8.59. The van der Waals surface area contributed by atoms with Crippen LogP contribution >= 0.6 is 0 Å². The molecule has 1 saturated carbocycles. The first-order valence-corrected chi connectivity index (χ1v) is 6.26. The predicted molar refractivity (Wildman–Crippen MR) is 70.4 cm³/mol. The van der Waals surface area contributed by atoms with Crippen LogP contribution in [0.25, 0.3) is 0 Å². The van der Waals surface area contributed by atoms with E-state index in [4.69, 9.17) is 5.73 Å². The highest BCUT2D eigenvalue weighted by Crippen LogP contribution is 2.37. The Morgan fingerprint density at radius 1 is 1.12 bits per heavy atom. The van der Waals surface area contributed by atoms with Gasteiger partial charge in [-0.25, -0.2) is 0 Å². The first-order chi connectivity index (χ1) is 7.79. The third-order valence-electron chi connectivity index (χ3n) is 3.75. The monoisotopic (exact) mass is 215 g/mol. The minimum Gasteiger partial charge on any atom is -0.399 e. The zero-order chi connectivity index (χ0) is 11.4. The van der Waals surface area contributed by atoms with E-state index in [9.17, 15) is 0 Å². The lowest BCUT2D eigenvalue weighted by atomic mass is 9.77. The van der Waals surface area contributed by atoms with E-state index >= 15 is 0 Å². The number of benzene rings is 1. The number of nitrogen functional groups attached to an aromatic ring is 1. The molecule has 1 aliphatic carbocycles. The van der Waals surface area contributed by atoms with Gasteiger partial charge in [0.05, 0.1) is 0 Å². The van der Waals surface area contributed by atoms with E-state index in [2.05, 4.69) is 24.8 Å². The lowest BCUT2D eigenvalue weighted by molar-refractivity contribution is 0.328. The number of allylic oxidation sites excluding steroid dienone is 1. The molecule has 1 aliphatic rings. The summed E-state index contributed by atoms with van der Waals surface area (Å²) in [7, 11) is 0. The Kier molecular flexibility index (Phi) is 3.66. The maximum Gasteiger partial charge on any atom is 0.0314 e. The number of anilines is 1. The van der Waals surface area contributed by atoms with Crippen molar-refractivity contribution in [3.63, 3.8) is 0 Å². The molecule has 0 aliphatic heterocycles. The average Bonchev–Trinajstić information content (AvgIpc) is 2.32. The van der Waals surface area contributed by atoms with Crippen molar-refractivity contribution in [3.05, 3.63) is 42.5 Å². The summed E-state index contributed by atoms with van der Waals surface area (Å²) < 4.78 is 0. The standard InChI is InChI=1S/C15H21N/c1-2-3-12-4-6-13(7-5-12)14-8-10-15(16)11-9-14/h2,8-13H,1,3-7,16H2/t12-,13-. The van der Waals surface area contributed by atoms with Gasteiger partial charge in [-0.1, -0.05) is 18.2 Å². The second-order valence-corrected chi connectivity index (χ2v) is 4.91. The van der Waals surface area contributed by atoms with E-state index in [1.807, 2.05) is 12.1 Å². The average molecular weight is 215 g/mol. The molecular formula is C15H21N. The van der Waals surface area contributed by atoms with Gasteiger partial charge in [-0.3, -0.25) is 0 Å². The lowest BCUT2D eigenvalue weighted by Gasteiger charge is -2.28. The molecule has 0 spiro atoms. The zero-order valence-electron chi connectivity index (χ0n) is 9.86. The fraction of sp³-hybridized carbons (Fsp3) is 0.467. The highest BCUT2D eigenvalue weighted by atomic mass is 14.5. The minimum absolute atomic E-state index is 0.752. The Bertz CT molecular complexity index is 331. The van der Waals surface area contributed by atoms with E-state index in [0.29, 0.717) is 0 Å². The van der Waals surface area contributed by atoms with Gasteiger partial charge in [-0.15, -0.1) is 6.58 Å². The normalized spacial score (nSPS) is 25.2. The zero-order valence-corrected chi connectivity index (χ0v) is 9.86. The SMILES string of the molecule is C=CC[C@H]1CC[C@H](c2ccc(N)cc2)CC1. The first-order valence-electron chi connectivity index (χ1n) is 6.26.